The number of hydrogen-bond acceptors (Lipinski definition) is 0. The summed E-state index contributed by atoms with van der Waals surface area (Å²) in [6, 6.07) is 3.14. The number of halogens is 2. The van der Waals surface area contributed by atoms with Gasteiger partial charge in [-0.3, -0.25) is 0 Å². The van der Waals surface area contributed by atoms with Crippen molar-refractivity contribution in [2.75, 3.05) is 0 Å². The molecule has 146 valence electrons. The molecule has 0 saturated heterocycles. The van der Waals surface area contributed by atoms with Crippen molar-refractivity contribution in [3.63, 3.8) is 0 Å². The summed E-state index contributed by atoms with van der Waals surface area (Å²) in [7, 11) is 0. The van der Waals surface area contributed by atoms with Crippen LogP contribution >= 0.6 is 0 Å². The third kappa shape index (κ3) is 5.08. The summed E-state index contributed by atoms with van der Waals surface area (Å²) in [4.78, 5) is 0. The third-order valence-electron chi connectivity index (χ3n) is 7.27. The third-order valence-corrected chi connectivity index (χ3v) is 7.27. The van der Waals surface area contributed by atoms with Crippen molar-refractivity contribution in [1.29, 1.82) is 0 Å². The van der Waals surface area contributed by atoms with Gasteiger partial charge in [-0.05, 0) is 74.0 Å². The largest absolute Gasteiger partial charge is 0.207 e. The first kappa shape index (κ1) is 19.8. The number of rotatable bonds is 6. The maximum absolute atomic E-state index is 13.8. The van der Waals surface area contributed by atoms with Crippen LogP contribution in [-0.2, 0) is 0 Å². The molecule has 0 amide bonds. The molecule has 0 radical (unpaired) electrons. The van der Waals surface area contributed by atoms with Crippen molar-refractivity contribution in [3.05, 3.63) is 34.9 Å². The molecule has 0 atom stereocenters. The topological polar surface area (TPSA) is 0 Å². The summed E-state index contributed by atoms with van der Waals surface area (Å²) in [5, 5.41) is 0. The fourth-order valence-corrected chi connectivity index (χ4v) is 5.37. The highest BCUT2D eigenvalue weighted by Crippen LogP contribution is 2.40. The molecule has 2 fully saturated rings. The van der Waals surface area contributed by atoms with Crippen LogP contribution in [0.2, 0.25) is 0 Å². The van der Waals surface area contributed by atoms with E-state index >= 15 is 0 Å². The first-order valence-electron chi connectivity index (χ1n) is 11.0. The summed E-state index contributed by atoms with van der Waals surface area (Å²) in [5.74, 6) is 2.37. The molecule has 26 heavy (non-hydrogen) atoms. The molecule has 2 aliphatic carbocycles. The van der Waals surface area contributed by atoms with Crippen molar-refractivity contribution in [1.82, 2.24) is 0 Å². The van der Waals surface area contributed by atoms with Gasteiger partial charge in [-0.2, -0.15) is 0 Å². The van der Waals surface area contributed by atoms with E-state index in [2.05, 4.69) is 6.92 Å². The SMILES string of the molecule is CCCC1CCC(CCC2CCC(c3cc(F)c(C)c(F)c3)CC2)CC1. The highest BCUT2D eigenvalue weighted by atomic mass is 19.1. The van der Waals surface area contributed by atoms with E-state index in [4.69, 9.17) is 0 Å². The average molecular weight is 363 g/mol. The number of benzene rings is 1. The average Bonchev–Trinajstić information content (AvgIpc) is 2.66. The molecule has 0 unspecified atom stereocenters. The molecule has 2 saturated carbocycles. The molecule has 0 N–H and O–H groups in total. The number of hydrogen-bond donors (Lipinski definition) is 0. The fraction of sp³-hybridized carbons (Fsp3) is 0.750. The van der Waals surface area contributed by atoms with Gasteiger partial charge in [0.15, 0.2) is 0 Å². The summed E-state index contributed by atoms with van der Waals surface area (Å²) in [6.07, 6.45) is 16.0. The van der Waals surface area contributed by atoms with Crippen LogP contribution in [-0.4, -0.2) is 0 Å². The first-order valence-corrected chi connectivity index (χ1v) is 11.0. The molecular weight excluding hydrogens is 326 g/mol. The van der Waals surface area contributed by atoms with Crippen molar-refractivity contribution in [2.24, 2.45) is 17.8 Å². The minimum absolute atomic E-state index is 0.149. The van der Waals surface area contributed by atoms with E-state index in [1.54, 1.807) is 12.1 Å². The monoisotopic (exact) mass is 362 g/mol. The smallest absolute Gasteiger partial charge is 0.129 e. The van der Waals surface area contributed by atoms with Gasteiger partial charge in [-0.1, -0.05) is 58.3 Å². The van der Waals surface area contributed by atoms with Crippen molar-refractivity contribution >= 4 is 0 Å². The maximum Gasteiger partial charge on any atom is 0.129 e. The van der Waals surface area contributed by atoms with Crippen LogP contribution in [0, 0.1) is 36.3 Å². The van der Waals surface area contributed by atoms with Gasteiger partial charge < -0.3 is 0 Å². The van der Waals surface area contributed by atoms with Crippen LogP contribution in [0.3, 0.4) is 0 Å². The first-order chi connectivity index (χ1) is 12.6. The summed E-state index contributed by atoms with van der Waals surface area (Å²) >= 11 is 0. The highest BCUT2D eigenvalue weighted by molar-refractivity contribution is 5.28. The Morgan fingerprint density at radius 1 is 0.731 bits per heavy atom. The molecular formula is C24H36F2. The van der Waals surface area contributed by atoms with Crippen molar-refractivity contribution < 1.29 is 8.78 Å². The Hall–Kier alpha value is -0.920. The molecule has 0 spiro atoms. The van der Waals surface area contributed by atoms with Gasteiger partial charge in [0.05, 0.1) is 0 Å². The minimum atomic E-state index is -0.388. The lowest BCUT2D eigenvalue weighted by molar-refractivity contribution is 0.224. The second-order valence-electron chi connectivity index (χ2n) is 9.08. The molecule has 1 aromatic carbocycles. The van der Waals surface area contributed by atoms with Gasteiger partial charge in [-0.15, -0.1) is 0 Å². The Labute approximate surface area is 158 Å². The molecule has 0 heterocycles. The quantitative estimate of drug-likeness (QED) is 0.482. The fourth-order valence-electron chi connectivity index (χ4n) is 5.37. The molecule has 2 heteroatoms. The van der Waals surface area contributed by atoms with Gasteiger partial charge in [0.1, 0.15) is 11.6 Å². The van der Waals surface area contributed by atoms with Crippen LogP contribution in [0.5, 0.6) is 0 Å². The van der Waals surface area contributed by atoms with Gasteiger partial charge in [0, 0.05) is 5.56 Å². The Bertz CT molecular complexity index is 541. The Morgan fingerprint density at radius 2 is 1.15 bits per heavy atom. The van der Waals surface area contributed by atoms with Crippen LogP contribution in [0.1, 0.15) is 101 Å². The summed E-state index contributed by atoms with van der Waals surface area (Å²) < 4.78 is 27.7. The summed E-state index contributed by atoms with van der Waals surface area (Å²) in [5.41, 5.74) is 1.02. The zero-order valence-electron chi connectivity index (χ0n) is 16.7. The zero-order valence-corrected chi connectivity index (χ0v) is 16.7. The molecule has 0 aliphatic heterocycles. The van der Waals surface area contributed by atoms with Crippen LogP contribution < -0.4 is 0 Å². The van der Waals surface area contributed by atoms with Gasteiger partial charge in [0.25, 0.3) is 0 Å². The molecule has 0 bridgehead atoms. The second kappa shape index (κ2) is 9.33. The zero-order chi connectivity index (χ0) is 18.5. The summed E-state index contributed by atoms with van der Waals surface area (Å²) in [6.45, 7) is 3.82. The Morgan fingerprint density at radius 3 is 1.62 bits per heavy atom. The van der Waals surface area contributed by atoms with E-state index in [-0.39, 0.29) is 17.2 Å². The van der Waals surface area contributed by atoms with E-state index < -0.39 is 0 Å². The van der Waals surface area contributed by atoms with Gasteiger partial charge in [-0.25, -0.2) is 8.78 Å². The molecule has 0 nitrogen and oxygen atoms in total. The predicted molar refractivity (Wildman–Crippen MR) is 105 cm³/mol. The predicted octanol–water partition coefficient (Wildman–Crippen LogP) is 7.93. The Balaban J connectivity index is 1.40. The second-order valence-corrected chi connectivity index (χ2v) is 9.08. The maximum atomic E-state index is 13.8. The minimum Gasteiger partial charge on any atom is -0.207 e. The van der Waals surface area contributed by atoms with E-state index in [0.717, 1.165) is 36.2 Å². The van der Waals surface area contributed by atoms with Gasteiger partial charge in [0.2, 0.25) is 0 Å². The molecule has 3 rings (SSSR count). The van der Waals surface area contributed by atoms with E-state index in [0.29, 0.717) is 5.92 Å². The van der Waals surface area contributed by atoms with Gasteiger partial charge >= 0.3 is 0 Å². The lowest BCUT2D eigenvalue weighted by Crippen LogP contribution is -2.18. The lowest BCUT2D eigenvalue weighted by Gasteiger charge is -2.32. The van der Waals surface area contributed by atoms with Crippen LogP contribution in [0.25, 0.3) is 0 Å². The van der Waals surface area contributed by atoms with Crippen LogP contribution in [0.4, 0.5) is 8.78 Å². The molecule has 0 aromatic heterocycles. The van der Waals surface area contributed by atoms with E-state index in [1.807, 2.05) is 0 Å². The van der Waals surface area contributed by atoms with E-state index in [1.165, 1.54) is 71.1 Å². The van der Waals surface area contributed by atoms with E-state index in [9.17, 15) is 8.78 Å². The van der Waals surface area contributed by atoms with Crippen LogP contribution in [0.15, 0.2) is 12.1 Å². The van der Waals surface area contributed by atoms with Crippen molar-refractivity contribution in [2.45, 2.75) is 96.8 Å². The molecule has 2 aliphatic rings. The highest BCUT2D eigenvalue weighted by Gasteiger charge is 2.26. The molecule has 1 aromatic rings. The normalized spacial score (nSPS) is 29.7. The lowest BCUT2D eigenvalue weighted by atomic mass is 9.74. The van der Waals surface area contributed by atoms with Crippen molar-refractivity contribution in [3.8, 4) is 0 Å². The standard InChI is InChI=1S/C24H36F2/c1-3-4-18-5-7-19(8-6-18)9-10-20-11-13-21(14-12-20)22-15-23(25)17(2)24(26)16-22/h15-16,18-21H,3-14H2,1-2H3. The Kier molecular flexibility index (Phi) is 7.12.